The number of hydrogen-bond donors (Lipinski definition) is 2. The molecule has 1 aromatic rings. The van der Waals surface area contributed by atoms with E-state index in [4.69, 9.17) is 23.8 Å². The number of nitrogens with zero attached hydrogens (tertiary/aromatic N) is 1. The van der Waals surface area contributed by atoms with Crippen molar-refractivity contribution >= 4 is 51.5 Å². The Bertz CT molecular complexity index is 560. The minimum atomic E-state index is -0.0629. The molecule has 1 saturated heterocycles. The molecule has 2 rings (SSSR count). The van der Waals surface area contributed by atoms with Gasteiger partial charge >= 0.3 is 0 Å². The van der Waals surface area contributed by atoms with E-state index in [-0.39, 0.29) is 5.91 Å². The van der Waals surface area contributed by atoms with Crippen molar-refractivity contribution in [1.82, 2.24) is 4.90 Å². The van der Waals surface area contributed by atoms with Gasteiger partial charge in [-0.15, -0.1) is 0 Å². The summed E-state index contributed by atoms with van der Waals surface area (Å²) in [7, 11) is 2.19. The second kappa shape index (κ2) is 8.15. The zero-order chi connectivity index (χ0) is 16.1. The van der Waals surface area contributed by atoms with Crippen molar-refractivity contribution in [3.8, 4) is 0 Å². The highest BCUT2D eigenvalue weighted by Crippen LogP contribution is 2.20. The average Bonchev–Trinajstić information content (AvgIpc) is 2.49. The number of quaternary nitrogens is 1. The minimum absolute atomic E-state index is 0.0629. The number of aryl methyl sites for hydroxylation is 1. The second-order valence-corrected chi connectivity index (χ2v) is 7.53. The van der Waals surface area contributed by atoms with Crippen molar-refractivity contribution in [3.05, 3.63) is 28.8 Å². The van der Waals surface area contributed by atoms with Crippen LogP contribution in [0.5, 0.6) is 0 Å². The predicted molar refractivity (Wildman–Crippen MR) is 98.1 cm³/mol. The van der Waals surface area contributed by atoms with Gasteiger partial charge in [0.2, 0.25) is 5.91 Å². The first-order valence-corrected chi connectivity index (χ1v) is 9.02. The molecule has 1 fully saturated rings. The van der Waals surface area contributed by atoms with Crippen LogP contribution in [0.2, 0.25) is 5.02 Å². The van der Waals surface area contributed by atoms with Crippen LogP contribution in [-0.4, -0.2) is 54.1 Å². The second-order valence-electron chi connectivity index (χ2n) is 5.51. The molecule has 1 aliphatic heterocycles. The highest BCUT2D eigenvalue weighted by Gasteiger charge is 2.19. The van der Waals surface area contributed by atoms with Gasteiger partial charge in [-0.2, -0.15) is 0 Å². The van der Waals surface area contributed by atoms with Crippen molar-refractivity contribution in [1.29, 1.82) is 0 Å². The molecular formula is C15H21ClN3OS2+. The van der Waals surface area contributed by atoms with Gasteiger partial charge in [0.1, 0.15) is 4.32 Å². The predicted octanol–water partition coefficient (Wildman–Crippen LogP) is 1.44. The van der Waals surface area contributed by atoms with E-state index in [9.17, 15) is 4.79 Å². The van der Waals surface area contributed by atoms with Gasteiger partial charge in [-0.05, 0) is 24.6 Å². The van der Waals surface area contributed by atoms with E-state index in [1.165, 1.54) is 16.7 Å². The van der Waals surface area contributed by atoms with Gasteiger partial charge in [0, 0.05) is 10.7 Å². The van der Waals surface area contributed by atoms with Crippen LogP contribution in [0.15, 0.2) is 18.2 Å². The Morgan fingerprint density at radius 2 is 2.14 bits per heavy atom. The van der Waals surface area contributed by atoms with Gasteiger partial charge in [0.05, 0.1) is 39.0 Å². The summed E-state index contributed by atoms with van der Waals surface area (Å²) in [6.45, 7) is 6.04. The summed E-state index contributed by atoms with van der Waals surface area (Å²) in [5.41, 5.74) is 1.71. The number of piperazine rings is 1. The number of halogens is 1. The fraction of sp³-hybridized carbons (Fsp3) is 0.467. The largest absolute Gasteiger partial charge is 0.346 e. The first kappa shape index (κ1) is 17.5. The van der Waals surface area contributed by atoms with Crippen LogP contribution in [-0.2, 0) is 4.79 Å². The molecule has 0 bridgehead atoms. The number of carbonyl (C=O) groups excluding carboxylic acids is 1. The highest BCUT2D eigenvalue weighted by molar-refractivity contribution is 8.23. The first-order valence-electron chi connectivity index (χ1n) is 7.24. The van der Waals surface area contributed by atoms with Crippen LogP contribution >= 0.6 is 35.6 Å². The molecule has 7 heteroatoms. The number of likely N-dealkylation sites (N-methyl/N-ethyl adjacent to an activating group) is 1. The lowest BCUT2D eigenvalue weighted by molar-refractivity contribution is -0.883. The van der Waals surface area contributed by atoms with Crippen molar-refractivity contribution in [3.63, 3.8) is 0 Å². The number of anilines is 1. The lowest BCUT2D eigenvalue weighted by Crippen LogP contribution is -3.12. The number of amides is 1. The quantitative estimate of drug-likeness (QED) is 0.802. The Hall–Kier alpha value is -0.820. The lowest BCUT2D eigenvalue weighted by Gasteiger charge is -2.31. The van der Waals surface area contributed by atoms with Crippen LogP contribution in [0.1, 0.15) is 5.56 Å². The third-order valence-corrected chi connectivity index (χ3v) is 5.59. The van der Waals surface area contributed by atoms with Gasteiger partial charge in [0.15, 0.2) is 0 Å². The molecular weight excluding hydrogens is 338 g/mol. The Morgan fingerprint density at radius 3 is 2.77 bits per heavy atom. The van der Waals surface area contributed by atoms with E-state index in [0.29, 0.717) is 10.8 Å². The first-order chi connectivity index (χ1) is 10.5. The lowest BCUT2D eigenvalue weighted by atomic mass is 10.2. The molecule has 0 unspecified atom stereocenters. The fourth-order valence-electron chi connectivity index (χ4n) is 2.16. The van der Waals surface area contributed by atoms with Gasteiger partial charge in [-0.3, -0.25) is 4.79 Å². The topological polar surface area (TPSA) is 36.8 Å². The third-order valence-electron chi connectivity index (χ3n) is 3.66. The monoisotopic (exact) mass is 358 g/mol. The number of thioether (sulfide) groups is 1. The summed E-state index contributed by atoms with van der Waals surface area (Å²) in [6, 6.07) is 5.51. The molecule has 22 heavy (non-hydrogen) atoms. The van der Waals surface area contributed by atoms with Crippen molar-refractivity contribution in [2.75, 3.05) is 44.3 Å². The van der Waals surface area contributed by atoms with Gasteiger partial charge in [-0.25, -0.2) is 0 Å². The summed E-state index contributed by atoms with van der Waals surface area (Å²) in [5.74, 6) is 0.260. The maximum absolute atomic E-state index is 12.0. The van der Waals surface area contributed by atoms with Crippen molar-refractivity contribution in [2.24, 2.45) is 0 Å². The number of hydrogen-bond acceptors (Lipinski definition) is 3. The fourth-order valence-corrected chi connectivity index (χ4v) is 3.39. The molecule has 2 N–H and O–H groups in total. The van der Waals surface area contributed by atoms with E-state index in [0.717, 1.165) is 41.8 Å². The number of carbonyl (C=O) groups is 1. The van der Waals surface area contributed by atoms with E-state index in [1.54, 1.807) is 6.07 Å². The SMILES string of the molecule is Cc1ccc(NC(=O)CSC(=S)N2CC[NH+](C)CC2)cc1Cl. The zero-order valence-electron chi connectivity index (χ0n) is 12.8. The number of benzene rings is 1. The van der Waals surface area contributed by atoms with Gasteiger partial charge < -0.3 is 15.1 Å². The van der Waals surface area contributed by atoms with Gasteiger partial charge in [0.25, 0.3) is 0 Å². The molecule has 0 saturated carbocycles. The maximum Gasteiger partial charge on any atom is 0.234 e. The molecule has 1 heterocycles. The third kappa shape index (κ3) is 5.12. The summed E-state index contributed by atoms with van der Waals surface area (Å²) in [6.07, 6.45) is 0. The number of rotatable bonds is 3. The normalized spacial score (nSPS) is 15.7. The Labute approximate surface area is 146 Å². The standard InChI is InChI=1S/C15H20ClN3OS2/c1-11-3-4-12(9-13(11)16)17-14(20)10-22-15(21)19-7-5-18(2)6-8-19/h3-4,9H,5-8,10H2,1-2H3,(H,17,20)/p+1. The molecule has 1 amide bonds. The molecule has 0 radical (unpaired) electrons. The minimum Gasteiger partial charge on any atom is -0.346 e. The Morgan fingerprint density at radius 1 is 1.45 bits per heavy atom. The molecule has 4 nitrogen and oxygen atoms in total. The maximum atomic E-state index is 12.0. The Kier molecular flexibility index (Phi) is 6.50. The van der Waals surface area contributed by atoms with Gasteiger partial charge in [-0.1, -0.05) is 41.6 Å². The van der Waals surface area contributed by atoms with E-state index < -0.39 is 0 Å². The Balaban J connectivity index is 1.77. The summed E-state index contributed by atoms with van der Waals surface area (Å²) in [5, 5.41) is 3.50. The number of thiocarbonyl (C=S) groups is 1. The summed E-state index contributed by atoms with van der Waals surface area (Å²) in [4.78, 5) is 15.7. The van der Waals surface area contributed by atoms with Crippen molar-refractivity contribution in [2.45, 2.75) is 6.92 Å². The molecule has 0 atom stereocenters. The number of nitrogens with one attached hydrogen (secondary N) is 2. The molecule has 1 aromatic carbocycles. The molecule has 0 spiro atoms. The summed E-state index contributed by atoms with van der Waals surface area (Å²) >= 11 is 12.9. The summed E-state index contributed by atoms with van der Waals surface area (Å²) < 4.78 is 0.810. The van der Waals surface area contributed by atoms with Crippen molar-refractivity contribution < 1.29 is 9.69 Å². The molecule has 0 aromatic heterocycles. The molecule has 0 aliphatic carbocycles. The van der Waals surface area contributed by atoms with E-state index in [1.807, 2.05) is 19.1 Å². The smallest absolute Gasteiger partial charge is 0.234 e. The van der Waals surface area contributed by atoms with E-state index in [2.05, 4.69) is 17.3 Å². The molecule has 120 valence electrons. The van der Waals surface area contributed by atoms with Crippen LogP contribution in [0.3, 0.4) is 0 Å². The van der Waals surface area contributed by atoms with Crippen LogP contribution in [0.4, 0.5) is 5.69 Å². The average molecular weight is 359 g/mol. The highest BCUT2D eigenvalue weighted by atomic mass is 35.5. The van der Waals surface area contributed by atoms with Crippen LogP contribution in [0, 0.1) is 6.92 Å². The molecule has 1 aliphatic rings. The van der Waals surface area contributed by atoms with Crippen LogP contribution < -0.4 is 10.2 Å². The zero-order valence-corrected chi connectivity index (χ0v) is 15.2. The van der Waals surface area contributed by atoms with E-state index >= 15 is 0 Å². The van der Waals surface area contributed by atoms with Crippen LogP contribution in [0.25, 0.3) is 0 Å².